The van der Waals surface area contributed by atoms with E-state index in [1.165, 1.54) is 56.7 Å². The van der Waals surface area contributed by atoms with Gasteiger partial charge in [-0.3, -0.25) is 6.08 Å². The van der Waals surface area contributed by atoms with E-state index in [1.54, 1.807) is 6.07 Å². The molecule has 0 aliphatic heterocycles. The van der Waals surface area contributed by atoms with Gasteiger partial charge in [0.2, 0.25) is 0 Å². The van der Waals surface area contributed by atoms with E-state index in [0.717, 1.165) is 10.8 Å². The van der Waals surface area contributed by atoms with Gasteiger partial charge < -0.3 is 14.9 Å². The number of rotatable bonds is 1. The molecule has 0 nitrogen and oxygen atoms in total. The molecule has 0 saturated carbocycles. The third-order valence-corrected chi connectivity index (χ3v) is 5.95. The van der Waals surface area contributed by atoms with E-state index in [0.29, 0.717) is 16.0 Å². The Morgan fingerprint density at radius 1 is 0.968 bits per heavy atom. The Morgan fingerprint density at radius 3 is 2.00 bits per heavy atom. The minimum atomic E-state index is 0. The van der Waals surface area contributed by atoms with Crippen molar-refractivity contribution in [2.24, 2.45) is 5.92 Å². The summed E-state index contributed by atoms with van der Waals surface area (Å²) in [5.74, 6) is 0.560. The van der Waals surface area contributed by atoms with Crippen molar-refractivity contribution in [1.82, 2.24) is 0 Å². The molecule has 31 heavy (non-hydrogen) atoms. The van der Waals surface area contributed by atoms with Crippen LogP contribution in [0, 0.1) is 33.8 Å². The summed E-state index contributed by atoms with van der Waals surface area (Å²) >= 11 is 13.7. The number of hydrogen-bond acceptors (Lipinski definition) is 0. The molecule has 1 aliphatic rings. The Bertz CT molecular complexity index is 1060. The summed E-state index contributed by atoms with van der Waals surface area (Å²) in [5, 5.41) is 3.58. The van der Waals surface area contributed by atoms with Crippen LogP contribution in [-0.4, -0.2) is 6.88 Å². The number of aryl methyl sites for hydroxylation is 1. The average Bonchev–Trinajstić information content (AvgIpc) is 3.15. The van der Waals surface area contributed by atoms with Gasteiger partial charge in [-0.05, 0) is 5.02 Å². The Morgan fingerprint density at radius 2 is 1.55 bits per heavy atom. The van der Waals surface area contributed by atoms with Crippen molar-refractivity contribution in [2.45, 2.75) is 34.6 Å². The zero-order chi connectivity index (χ0) is 21.7. The Balaban J connectivity index is 0.000000595. The summed E-state index contributed by atoms with van der Waals surface area (Å²) in [5.41, 5.74) is 7.88. The predicted molar refractivity (Wildman–Crippen MR) is 138 cm³/mol. The fourth-order valence-electron chi connectivity index (χ4n) is 3.59. The fourth-order valence-corrected chi connectivity index (χ4v) is 4.14. The van der Waals surface area contributed by atoms with Crippen LogP contribution in [0.15, 0.2) is 65.3 Å². The van der Waals surface area contributed by atoms with Gasteiger partial charge in [-0.2, -0.15) is 11.1 Å². The molecule has 164 valence electrons. The van der Waals surface area contributed by atoms with Crippen molar-refractivity contribution in [2.75, 3.05) is 0 Å². The Labute approximate surface area is 216 Å². The molecule has 1 aliphatic carbocycles. The van der Waals surface area contributed by atoms with Gasteiger partial charge in [0.1, 0.15) is 0 Å². The van der Waals surface area contributed by atoms with E-state index in [1.807, 2.05) is 24.3 Å². The van der Waals surface area contributed by atoms with Gasteiger partial charge >= 0.3 is 30.2 Å². The van der Waals surface area contributed by atoms with Gasteiger partial charge in [0.15, 0.2) is 0 Å². The van der Waals surface area contributed by atoms with E-state index in [9.17, 15) is 0 Å². The van der Waals surface area contributed by atoms with Crippen LogP contribution in [0.2, 0.25) is 10.0 Å². The number of fused-ring (bicyclic) bond motifs is 1. The van der Waals surface area contributed by atoms with Crippen LogP contribution in [0.5, 0.6) is 0 Å². The molecular weight excluding hydrogens is 515 g/mol. The van der Waals surface area contributed by atoms with Crippen LogP contribution in [0.25, 0.3) is 21.9 Å². The van der Waals surface area contributed by atoms with Crippen molar-refractivity contribution in [3.8, 4) is 11.1 Å². The summed E-state index contributed by atoms with van der Waals surface area (Å²) in [4.78, 5) is 0. The molecule has 0 bridgehead atoms. The second-order valence-corrected chi connectivity index (χ2v) is 8.06. The molecule has 0 amide bonds. The number of halogens is 2. The van der Waals surface area contributed by atoms with Crippen LogP contribution in [0.4, 0.5) is 0 Å². The van der Waals surface area contributed by atoms with E-state index < -0.39 is 0 Å². The van der Waals surface area contributed by atoms with Gasteiger partial charge in [-0.15, -0.1) is 46.5 Å². The Kier molecular flexibility index (Phi) is 13.3. The average molecular weight is 545 g/mol. The van der Waals surface area contributed by atoms with Crippen molar-refractivity contribution in [3.05, 3.63) is 102 Å². The maximum atomic E-state index is 6.25. The minimum absolute atomic E-state index is 0. The molecule has 0 N–H and O–H groups in total. The van der Waals surface area contributed by atoms with Crippen molar-refractivity contribution >= 4 is 40.9 Å². The van der Waals surface area contributed by atoms with E-state index in [-0.39, 0.29) is 14.9 Å². The zero-order valence-corrected chi connectivity index (χ0v) is 24.4. The van der Waals surface area contributed by atoms with Gasteiger partial charge in [0.25, 0.3) is 0 Å². The van der Waals surface area contributed by atoms with Crippen LogP contribution in [-0.2, 0) is 23.3 Å². The summed E-state index contributed by atoms with van der Waals surface area (Å²) in [7, 11) is 0. The first-order chi connectivity index (χ1) is 13.8. The predicted octanol–water partition coefficient (Wildman–Crippen LogP) is 9.08. The third-order valence-electron chi connectivity index (χ3n) is 5.42. The molecule has 0 fully saturated rings. The molecule has 2 radical (unpaired) electrons. The fraction of sp³-hybridized carbons (Fsp3) is 0.222. The van der Waals surface area contributed by atoms with Crippen LogP contribution < -0.4 is 0 Å². The van der Waals surface area contributed by atoms with Gasteiger partial charge in [-0.25, -0.2) is 5.57 Å². The molecule has 0 heterocycles. The second kappa shape index (κ2) is 13.7. The molecule has 3 aromatic carbocycles. The van der Waals surface area contributed by atoms with Crippen molar-refractivity contribution in [1.29, 1.82) is 0 Å². The summed E-state index contributed by atoms with van der Waals surface area (Å²) in [6, 6.07) is 16.2. The molecule has 0 aromatic heterocycles. The molecular formula is C27H30Cl2SiZr-4. The molecule has 4 heteroatoms. The molecule has 1 unspecified atom stereocenters. The van der Waals surface area contributed by atoms with Gasteiger partial charge in [-0.1, -0.05) is 93.2 Å². The first-order valence-corrected chi connectivity index (χ1v) is 14.4. The topological polar surface area (TPSA) is 0 Å². The third kappa shape index (κ3) is 7.10. The second-order valence-electron chi connectivity index (χ2n) is 7.22. The van der Waals surface area contributed by atoms with Gasteiger partial charge in [0.05, 0.1) is 0 Å². The van der Waals surface area contributed by atoms with Crippen molar-refractivity contribution < 1.29 is 23.3 Å². The summed E-state index contributed by atoms with van der Waals surface area (Å²) in [6.45, 7) is 13.8. The van der Waals surface area contributed by atoms with E-state index in [2.05, 4.69) is 65.8 Å². The number of hydrogen-bond donors (Lipinski definition) is 0. The van der Waals surface area contributed by atoms with E-state index >= 15 is 0 Å². The Hall–Kier alpha value is -0.790. The monoisotopic (exact) mass is 542 g/mol. The molecule has 0 spiro atoms. The van der Waals surface area contributed by atoms with Crippen molar-refractivity contribution in [3.63, 3.8) is 0 Å². The summed E-state index contributed by atoms with van der Waals surface area (Å²) in [6.07, 6.45) is 3.36. The SMILES string of the molecule is CC1=[C-]C(C)C(C)=C1C.Cc1[cH-]c2c(Cl)cc(Cl)cc2c1-c1ccccc1.[CH3-].[CH3-].[Si]=[Zr]. The van der Waals surface area contributed by atoms with Crippen LogP contribution >= 0.6 is 23.2 Å². The van der Waals surface area contributed by atoms with E-state index in [4.69, 9.17) is 23.2 Å². The molecule has 1 atom stereocenters. The normalized spacial score (nSPS) is 14.4. The molecule has 3 aromatic rings. The quantitative estimate of drug-likeness (QED) is 0.212. The van der Waals surface area contributed by atoms with Gasteiger partial charge in [0, 0.05) is 5.02 Å². The first kappa shape index (κ1) is 30.2. The first-order valence-electron chi connectivity index (χ1n) is 9.43. The summed E-state index contributed by atoms with van der Waals surface area (Å²) < 4.78 is 0. The zero-order valence-electron chi connectivity index (χ0n) is 19.5. The number of benzene rings is 2. The number of allylic oxidation sites excluding steroid dienone is 4. The van der Waals surface area contributed by atoms with Crippen LogP contribution in [0.3, 0.4) is 0 Å². The molecule has 4 rings (SSSR count). The maximum absolute atomic E-state index is 6.25. The molecule has 0 saturated heterocycles. The standard InChI is InChI=1S/C16H11Cl2.C9H13.2CH3.Si.Zr/c1-10-7-13-14(8-12(17)9-15(13)18)16(10)11-5-3-2-4-6-11;1-6-5-7(2)9(4)8(6)3;;;;/h2-9H,1H3;6H,1-4H3;2*1H3;;/q4*-1;;. The van der Waals surface area contributed by atoms with Crippen LogP contribution in [0.1, 0.15) is 33.3 Å².